The number of hydrogen-bond donors (Lipinski definition) is 3. The summed E-state index contributed by atoms with van der Waals surface area (Å²) in [5.74, 6) is -0.954. The molecule has 114 valence electrons. The van der Waals surface area contributed by atoms with Crippen molar-refractivity contribution < 1.29 is 14.0 Å². The van der Waals surface area contributed by atoms with E-state index in [0.717, 1.165) is 5.56 Å². The van der Waals surface area contributed by atoms with Crippen LogP contribution in [0, 0.1) is 0 Å². The van der Waals surface area contributed by atoms with Gasteiger partial charge in [-0.25, -0.2) is 10.2 Å². The summed E-state index contributed by atoms with van der Waals surface area (Å²) in [4.78, 5) is 36.5. The second kappa shape index (κ2) is 5.84. The lowest BCUT2D eigenvalue weighted by Crippen LogP contribution is -2.37. The number of hydrogen-bond acceptors (Lipinski definition) is 5. The molecule has 1 aliphatic rings. The van der Waals surface area contributed by atoms with Crippen LogP contribution in [0.5, 0.6) is 0 Å². The van der Waals surface area contributed by atoms with Gasteiger partial charge in [-0.15, -0.1) is 0 Å². The molecule has 3 rings (SSSR count). The molecule has 0 fully saturated rings. The Morgan fingerprint density at radius 3 is 2.95 bits per heavy atom. The van der Waals surface area contributed by atoms with Crippen molar-refractivity contribution in [2.75, 3.05) is 6.54 Å². The van der Waals surface area contributed by atoms with E-state index in [0.29, 0.717) is 36.2 Å². The van der Waals surface area contributed by atoms with Crippen LogP contribution in [0.1, 0.15) is 18.4 Å². The van der Waals surface area contributed by atoms with Gasteiger partial charge < -0.3 is 9.73 Å². The highest BCUT2D eigenvalue weighted by Crippen LogP contribution is 2.12. The highest BCUT2D eigenvalue weighted by atomic mass is 16.4. The van der Waals surface area contributed by atoms with Gasteiger partial charge in [-0.2, -0.15) is 5.10 Å². The van der Waals surface area contributed by atoms with Gasteiger partial charge in [-0.05, 0) is 24.1 Å². The highest BCUT2D eigenvalue weighted by molar-refractivity contribution is 6.39. The number of H-pyrrole nitrogens is 1. The number of hydrazone groups is 1. The Balaban J connectivity index is 1.56. The molecule has 2 heterocycles. The molecule has 22 heavy (non-hydrogen) atoms. The molecule has 1 aliphatic heterocycles. The van der Waals surface area contributed by atoms with Crippen molar-refractivity contribution in [3.8, 4) is 0 Å². The van der Waals surface area contributed by atoms with Crippen LogP contribution in [0.4, 0.5) is 0 Å². The molecular formula is C14H14N4O4. The summed E-state index contributed by atoms with van der Waals surface area (Å²) in [6, 6.07) is 5.38. The average molecular weight is 302 g/mol. The molecule has 0 spiro atoms. The van der Waals surface area contributed by atoms with E-state index in [1.807, 2.05) is 6.07 Å². The first-order chi connectivity index (χ1) is 10.6. The molecule has 0 unspecified atom stereocenters. The average Bonchev–Trinajstić information content (AvgIpc) is 2.87. The van der Waals surface area contributed by atoms with Crippen molar-refractivity contribution in [1.82, 2.24) is 15.7 Å². The Morgan fingerprint density at radius 2 is 2.18 bits per heavy atom. The van der Waals surface area contributed by atoms with Crippen molar-refractivity contribution >= 4 is 28.6 Å². The number of nitrogens with one attached hydrogen (secondary N) is 3. The molecule has 0 radical (unpaired) electrons. The van der Waals surface area contributed by atoms with Crippen LogP contribution in [-0.2, 0) is 16.0 Å². The molecule has 0 saturated carbocycles. The Labute approximate surface area is 124 Å². The summed E-state index contributed by atoms with van der Waals surface area (Å²) in [7, 11) is 0. The first-order valence-corrected chi connectivity index (χ1v) is 6.87. The quantitative estimate of drug-likeness (QED) is 0.739. The minimum atomic E-state index is -0.488. The smallest absolute Gasteiger partial charge is 0.408 e. The zero-order valence-corrected chi connectivity index (χ0v) is 11.6. The van der Waals surface area contributed by atoms with Gasteiger partial charge >= 0.3 is 5.76 Å². The third-order valence-electron chi connectivity index (χ3n) is 3.35. The second-order valence-corrected chi connectivity index (χ2v) is 4.94. The van der Waals surface area contributed by atoms with Crippen LogP contribution in [0.2, 0.25) is 0 Å². The summed E-state index contributed by atoms with van der Waals surface area (Å²) < 4.78 is 4.98. The fraction of sp³-hybridized carbons (Fsp3) is 0.286. The Kier molecular flexibility index (Phi) is 3.73. The monoisotopic (exact) mass is 302 g/mol. The fourth-order valence-corrected chi connectivity index (χ4v) is 2.21. The van der Waals surface area contributed by atoms with E-state index in [-0.39, 0.29) is 18.2 Å². The van der Waals surface area contributed by atoms with E-state index in [1.165, 1.54) is 0 Å². The molecule has 0 atom stereocenters. The maximum atomic E-state index is 11.9. The van der Waals surface area contributed by atoms with E-state index in [2.05, 4.69) is 20.8 Å². The van der Waals surface area contributed by atoms with Gasteiger partial charge in [0.1, 0.15) is 5.71 Å². The SMILES string of the molecule is O=C1CCC(C(=O)NCCc2ccc3[nH]c(=O)oc3c2)=NN1. The minimum absolute atomic E-state index is 0.183. The van der Waals surface area contributed by atoms with Crippen LogP contribution < -0.4 is 16.5 Å². The molecule has 8 heteroatoms. The highest BCUT2D eigenvalue weighted by Gasteiger charge is 2.17. The number of oxazole rings is 1. The van der Waals surface area contributed by atoms with Gasteiger partial charge in [0.15, 0.2) is 5.58 Å². The maximum Gasteiger partial charge on any atom is 0.417 e. The number of amides is 2. The van der Waals surface area contributed by atoms with Crippen molar-refractivity contribution in [2.45, 2.75) is 19.3 Å². The molecule has 1 aromatic carbocycles. The number of benzene rings is 1. The van der Waals surface area contributed by atoms with E-state index in [9.17, 15) is 14.4 Å². The summed E-state index contributed by atoms with van der Waals surface area (Å²) in [6.07, 6.45) is 1.21. The Bertz CT molecular complexity index is 818. The van der Waals surface area contributed by atoms with Crippen molar-refractivity contribution in [1.29, 1.82) is 0 Å². The third kappa shape index (κ3) is 3.05. The van der Waals surface area contributed by atoms with Crippen molar-refractivity contribution in [2.24, 2.45) is 5.10 Å². The van der Waals surface area contributed by atoms with Crippen LogP contribution in [0.15, 0.2) is 32.5 Å². The topological polar surface area (TPSA) is 117 Å². The van der Waals surface area contributed by atoms with Gasteiger partial charge in [0, 0.05) is 19.4 Å². The van der Waals surface area contributed by atoms with Gasteiger partial charge in [0.25, 0.3) is 5.91 Å². The van der Waals surface area contributed by atoms with E-state index >= 15 is 0 Å². The van der Waals surface area contributed by atoms with Crippen molar-refractivity contribution in [3.63, 3.8) is 0 Å². The Morgan fingerprint density at radius 1 is 1.32 bits per heavy atom. The standard InChI is InChI=1S/C14H14N4O4/c19-12-4-3-10(17-18-12)13(20)15-6-5-8-1-2-9-11(7-8)22-14(21)16-9/h1-2,7H,3-6H2,(H,15,20)(H,16,21)(H,18,19). The predicted octanol–water partition coefficient (Wildman–Crippen LogP) is 0.0458. The normalized spacial score (nSPS) is 14.5. The van der Waals surface area contributed by atoms with Crippen LogP contribution in [0.3, 0.4) is 0 Å². The number of rotatable bonds is 4. The number of aromatic amines is 1. The van der Waals surface area contributed by atoms with Crippen LogP contribution in [-0.4, -0.2) is 29.1 Å². The lowest BCUT2D eigenvalue weighted by Gasteiger charge is -2.11. The zero-order valence-electron chi connectivity index (χ0n) is 11.6. The zero-order chi connectivity index (χ0) is 15.5. The maximum absolute atomic E-state index is 11.9. The molecule has 8 nitrogen and oxygen atoms in total. The number of nitrogens with zero attached hydrogens (tertiary/aromatic N) is 1. The first-order valence-electron chi connectivity index (χ1n) is 6.87. The molecule has 1 aromatic heterocycles. The van der Waals surface area contributed by atoms with Gasteiger partial charge in [-0.1, -0.05) is 6.07 Å². The lowest BCUT2D eigenvalue weighted by molar-refractivity contribution is -0.121. The fourth-order valence-electron chi connectivity index (χ4n) is 2.21. The first kappa shape index (κ1) is 14.1. The second-order valence-electron chi connectivity index (χ2n) is 4.94. The molecule has 2 amide bonds. The third-order valence-corrected chi connectivity index (χ3v) is 3.35. The van der Waals surface area contributed by atoms with E-state index in [4.69, 9.17) is 4.42 Å². The van der Waals surface area contributed by atoms with E-state index in [1.54, 1.807) is 12.1 Å². The molecule has 3 N–H and O–H groups in total. The number of carbonyl (C=O) groups excluding carboxylic acids is 2. The summed E-state index contributed by atoms with van der Waals surface area (Å²) >= 11 is 0. The predicted molar refractivity (Wildman–Crippen MR) is 78.4 cm³/mol. The summed E-state index contributed by atoms with van der Waals surface area (Å²) in [5, 5.41) is 6.48. The summed E-state index contributed by atoms with van der Waals surface area (Å²) in [5.41, 5.74) is 4.69. The molecular weight excluding hydrogens is 288 g/mol. The number of fused-ring (bicyclic) bond motifs is 1. The number of carbonyl (C=O) groups is 2. The molecule has 2 aromatic rings. The molecule has 0 saturated heterocycles. The minimum Gasteiger partial charge on any atom is -0.408 e. The Hall–Kier alpha value is -2.90. The van der Waals surface area contributed by atoms with Gasteiger partial charge in [0.2, 0.25) is 5.91 Å². The van der Waals surface area contributed by atoms with Gasteiger partial charge in [-0.3, -0.25) is 14.6 Å². The molecule has 0 bridgehead atoms. The van der Waals surface area contributed by atoms with E-state index < -0.39 is 5.76 Å². The summed E-state index contributed by atoms with van der Waals surface area (Å²) in [6.45, 7) is 0.423. The van der Waals surface area contributed by atoms with Crippen LogP contribution in [0.25, 0.3) is 11.1 Å². The largest absolute Gasteiger partial charge is 0.417 e. The lowest BCUT2D eigenvalue weighted by atomic mass is 10.1. The number of aromatic nitrogens is 1. The van der Waals surface area contributed by atoms with Crippen LogP contribution >= 0.6 is 0 Å². The van der Waals surface area contributed by atoms with Gasteiger partial charge in [0.05, 0.1) is 5.52 Å². The van der Waals surface area contributed by atoms with Crippen molar-refractivity contribution in [3.05, 3.63) is 34.3 Å². The molecule has 0 aliphatic carbocycles.